The second-order valence-corrected chi connectivity index (χ2v) is 7.42. The molecule has 2 aliphatic rings. The van der Waals surface area contributed by atoms with Gasteiger partial charge in [-0.05, 0) is 43.6 Å². The molecule has 4 rings (SSSR count). The fraction of sp³-hybridized carbons (Fsp3) is 0.435. The molecule has 5 heteroatoms. The largest absolute Gasteiger partial charge is 0.486 e. The first-order valence-electron chi connectivity index (χ1n) is 10.3. The predicted octanol–water partition coefficient (Wildman–Crippen LogP) is 3.80. The summed E-state index contributed by atoms with van der Waals surface area (Å²) in [5, 5.41) is 3.15. The van der Waals surface area contributed by atoms with E-state index in [1.165, 1.54) is 31.2 Å². The van der Waals surface area contributed by atoms with Crippen molar-refractivity contribution in [2.24, 2.45) is 0 Å². The van der Waals surface area contributed by atoms with Crippen molar-refractivity contribution in [2.75, 3.05) is 32.8 Å². The van der Waals surface area contributed by atoms with Gasteiger partial charge in [0.1, 0.15) is 13.2 Å². The number of nitrogens with zero attached hydrogens (tertiary/aromatic N) is 1. The molecule has 0 radical (unpaired) electrons. The Morgan fingerprint density at radius 3 is 2.46 bits per heavy atom. The standard InChI is InChI=1S/C23H28N2O3/c26-23(19-11-8-12-21-22(19)28-16-15-27-21)24-17-20(18-9-4-3-5-10-18)25-13-6-1-2-7-14-25/h3-5,8-12,20H,1-2,6-7,13-17H2,(H,24,26)/t20-/m0/s1. The quantitative estimate of drug-likeness (QED) is 0.857. The lowest BCUT2D eigenvalue weighted by Crippen LogP contribution is -2.39. The maximum atomic E-state index is 12.9. The predicted molar refractivity (Wildman–Crippen MR) is 109 cm³/mol. The molecule has 2 heterocycles. The van der Waals surface area contributed by atoms with E-state index in [2.05, 4.69) is 34.5 Å². The van der Waals surface area contributed by atoms with Crippen molar-refractivity contribution in [1.82, 2.24) is 10.2 Å². The summed E-state index contributed by atoms with van der Waals surface area (Å²) < 4.78 is 11.3. The summed E-state index contributed by atoms with van der Waals surface area (Å²) in [5.41, 5.74) is 1.79. The van der Waals surface area contributed by atoms with E-state index in [1.807, 2.05) is 18.2 Å². The molecule has 2 aromatic carbocycles. The average molecular weight is 380 g/mol. The fourth-order valence-electron chi connectivity index (χ4n) is 4.08. The highest BCUT2D eigenvalue weighted by atomic mass is 16.6. The summed E-state index contributed by atoms with van der Waals surface area (Å²) >= 11 is 0. The van der Waals surface area contributed by atoms with Gasteiger partial charge in [-0.25, -0.2) is 0 Å². The maximum Gasteiger partial charge on any atom is 0.255 e. The van der Waals surface area contributed by atoms with Crippen LogP contribution in [-0.4, -0.2) is 43.7 Å². The van der Waals surface area contributed by atoms with Gasteiger partial charge in [0.2, 0.25) is 0 Å². The van der Waals surface area contributed by atoms with Gasteiger partial charge in [-0.3, -0.25) is 9.69 Å². The molecule has 1 amide bonds. The number of carbonyl (C=O) groups is 1. The Hall–Kier alpha value is -2.53. The van der Waals surface area contributed by atoms with Gasteiger partial charge in [0.15, 0.2) is 11.5 Å². The Labute approximate surface area is 166 Å². The van der Waals surface area contributed by atoms with E-state index in [0.717, 1.165) is 13.1 Å². The minimum atomic E-state index is -0.113. The molecule has 0 unspecified atom stereocenters. The molecule has 28 heavy (non-hydrogen) atoms. The summed E-state index contributed by atoms with van der Waals surface area (Å²) in [6.07, 6.45) is 5.01. The van der Waals surface area contributed by atoms with Gasteiger partial charge in [0.25, 0.3) is 5.91 Å². The maximum absolute atomic E-state index is 12.9. The van der Waals surface area contributed by atoms with E-state index in [1.54, 1.807) is 6.07 Å². The molecule has 0 aliphatic carbocycles. The zero-order valence-corrected chi connectivity index (χ0v) is 16.2. The Bertz CT molecular complexity index is 786. The molecule has 0 aromatic heterocycles. The van der Waals surface area contributed by atoms with Gasteiger partial charge in [0, 0.05) is 6.54 Å². The number of nitrogens with one attached hydrogen (secondary N) is 1. The monoisotopic (exact) mass is 380 g/mol. The third-order valence-corrected chi connectivity index (χ3v) is 5.53. The second-order valence-electron chi connectivity index (χ2n) is 7.42. The number of para-hydroxylation sites is 1. The van der Waals surface area contributed by atoms with Crippen molar-refractivity contribution >= 4 is 5.91 Å². The smallest absolute Gasteiger partial charge is 0.255 e. The highest BCUT2D eigenvalue weighted by molar-refractivity contribution is 5.97. The van der Waals surface area contributed by atoms with Crippen LogP contribution in [0.25, 0.3) is 0 Å². The van der Waals surface area contributed by atoms with Gasteiger partial charge in [-0.15, -0.1) is 0 Å². The zero-order chi connectivity index (χ0) is 19.2. The lowest BCUT2D eigenvalue weighted by Gasteiger charge is -2.31. The van der Waals surface area contributed by atoms with Crippen LogP contribution in [0.3, 0.4) is 0 Å². The molecule has 0 saturated carbocycles. The topological polar surface area (TPSA) is 50.8 Å². The van der Waals surface area contributed by atoms with Crippen LogP contribution < -0.4 is 14.8 Å². The molecular weight excluding hydrogens is 352 g/mol. The zero-order valence-electron chi connectivity index (χ0n) is 16.2. The minimum absolute atomic E-state index is 0.113. The number of ether oxygens (including phenoxy) is 2. The van der Waals surface area contributed by atoms with Crippen molar-refractivity contribution in [1.29, 1.82) is 0 Å². The SMILES string of the molecule is O=C(NC[C@@H](c1ccccc1)N1CCCCCC1)c1cccc2c1OCCO2. The Balaban J connectivity index is 1.50. The summed E-state index contributed by atoms with van der Waals surface area (Å²) in [5.74, 6) is 1.08. The number of likely N-dealkylation sites (tertiary alicyclic amines) is 1. The summed E-state index contributed by atoms with van der Waals surface area (Å²) in [6.45, 7) is 3.72. The summed E-state index contributed by atoms with van der Waals surface area (Å²) in [6, 6.07) is 16.1. The normalized spacial score (nSPS) is 18.1. The van der Waals surface area contributed by atoms with E-state index in [-0.39, 0.29) is 11.9 Å². The molecule has 1 fully saturated rings. The molecule has 0 spiro atoms. The third-order valence-electron chi connectivity index (χ3n) is 5.53. The van der Waals surface area contributed by atoms with Crippen LogP contribution in [0.1, 0.15) is 47.6 Å². The van der Waals surface area contributed by atoms with Crippen LogP contribution in [0, 0.1) is 0 Å². The van der Waals surface area contributed by atoms with Crippen molar-refractivity contribution in [3.63, 3.8) is 0 Å². The van der Waals surface area contributed by atoms with Crippen LogP contribution >= 0.6 is 0 Å². The van der Waals surface area contributed by atoms with Crippen molar-refractivity contribution in [2.45, 2.75) is 31.7 Å². The lowest BCUT2D eigenvalue weighted by atomic mass is 10.0. The molecular formula is C23H28N2O3. The number of fused-ring (bicyclic) bond motifs is 1. The van der Waals surface area contributed by atoms with Crippen LogP contribution in [0.2, 0.25) is 0 Å². The molecule has 1 N–H and O–H groups in total. The molecule has 1 saturated heterocycles. The summed E-state index contributed by atoms with van der Waals surface area (Å²) in [7, 11) is 0. The Morgan fingerprint density at radius 2 is 1.68 bits per heavy atom. The number of hydrogen-bond donors (Lipinski definition) is 1. The average Bonchev–Trinajstić information content (AvgIpc) is 3.04. The lowest BCUT2D eigenvalue weighted by molar-refractivity contribution is 0.0922. The number of rotatable bonds is 5. The Morgan fingerprint density at radius 1 is 0.929 bits per heavy atom. The first kappa shape index (κ1) is 18.8. The van der Waals surface area contributed by atoms with Crippen LogP contribution in [0.4, 0.5) is 0 Å². The van der Waals surface area contributed by atoms with Crippen molar-refractivity contribution < 1.29 is 14.3 Å². The molecule has 2 aliphatic heterocycles. The molecule has 5 nitrogen and oxygen atoms in total. The van der Waals surface area contributed by atoms with Gasteiger partial charge in [0.05, 0.1) is 11.6 Å². The Kier molecular flexibility index (Phi) is 6.12. The van der Waals surface area contributed by atoms with Gasteiger partial charge >= 0.3 is 0 Å². The number of carbonyl (C=O) groups excluding carboxylic acids is 1. The fourth-order valence-corrected chi connectivity index (χ4v) is 4.08. The van der Waals surface area contributed by atoms with E-state index in [9.17, 15) is 4.79 Å². The van der Waals surface area contributed by atoms with Crippen molar-refractivity contribution in [3.8, 4) is 11.5 Å². The van der Waals surface area contributed by atoms with Gasteiger partial charge < -0.3 is 14.8 Å². The molecule has 0 bridgehead atoms. The number of benzene rings is 2. The molecule has 1 atom stereocenters. The molecule has 2 aromatic rings. The minimum Gasteiger partial charge on any atom is -0.486 e. The van der Waals surface area contributed by atoms with Gasteiger partial charge in [-0.2, -0.15) is 0 Å². The van der Waals surface area contributed by atoms with E-state index in [4.69, 9.17) is 9.47 Å². The van der Waals surface area contributed by atoms with Crippen LogP contribution in [-0.2, 0) is 0 Å². The van der Waals surface area contributed by atoms with Crippen LogP contribution in [0.5, 0.6) is 11.5 Å². The van der Waals surface area contributed by atoms with E-state index in [0.29, 0.717) is 36.8 Å². The first-order chi connectivity index (χ1) is 13.8. The highest BCUT2D eigenvalue weighted by Crippen LogP contribution is 2.33. The second kappa shape index (κ2) is 9.11. The third kappa shape index (κ3) is 4.30. The number of hydrogen-bond acceptors (Lipinski definition) is 4. The molecule has 148 valence electrons. The number of amides is 1. The van der Waals surface area contributed by atoms with E-state index < -0.39 is 0 Å². The summed E-state index contributed by atoms with van der Waals surface area (Å²) in [4.78, 5) is 15.5. The highest BCUT2D eigenvalue weighted by Gasteiger charge is 2.24. The first-order valence-corrected chi connectivity index (χ1v) is 10.3. The van der Waals surface area contributed by atoms with Gasteiger partial charge in [-0.1, -0.05) is 49.2 Å². The van der Waals surface area contributed by atoms with Crippen LogP contribution in [0.15, 0.2) is 48.5 Å². The van der Waals surface area contributed by atoms with E-state index >= 15 is 0 Å². The van der Waals surface area contributed by atoms with Crippen molar-refractivity contribution in [3.05, 3.63) is 59.7 Å².